The topological polar surface area (TPSA) is 9.23 Å². The summed E-state index contributed by atoms with van der Waals surface area (Å²) in [6.07, 6.45) is 0. The Bertz CT molecular complexity index is 206. The third-order valence-electron chi connectivity index (χ3n) is 1.10. The minimum absolute atomic E-state index is 0.538. The zero-order valence-corrected chi connectivity index (χ0v) is 12.2. The molecule has 12 heavy (non-hydrogen) atoms. The molecule has 0 saturated heterocycles. The van der Waals surface area contributed by atoms with Crippen molar-refractivity contribution in [1.29, 1.82) is 0 Å². The van der Waals surface area contributed by atoms with Gasteiger partial charge in [0.05, 0.1) is 5.50 Å². The normalized spacial score (nSPS) is 16.2. The predicted molar refractivity (Wildman–Crippen MR) is 63.5 cm³/mol. The van der Waals surface area contributed by atoms with Crippen LogP contribution in [0.2, 0.25) is 26.2 Å². The standard InChI is InChI=1S/C7H14BrClOSi2/c1-11(2,3)10-12(4,7-9)6-5-8/h7H2,1-4H3. The quantitative estimate of drug-likeness (QED) is 0.440. The molecule has 0 aliphatic rings. The molecule has 70 valence electrons. The van der Waals surface area contributed by atoms with Gasteiger partial charge in [-0.15, -0.1) is 11.6 Å². The Morgan fingerprint density at radius 1 is 1.33 bits per heavy atom. The summed E-state index contributed by atoms with van der Waals surface area (Å²) in [7, 11) is -3.44. The van der Waals surface area contributed by atoms with E-state index in [1.165, 1.54) is 0 Å². The molecular weight excluding hydrogens is 272 g/mol. The molecule has 1 nitrogen and oxygen atoms in total. The van der Waals surface area contributed by atoms with Gasteiger partial charge in [-0.05, 0) is 31.0 Å². The lowest BCUT2D eigenvalue weighted by Crippen LogP contribution is -2.45. The van der Waals surface area contributed by atoms with Gasteiger partial charge in [0, 0.05) is 15.9 Å². The summed E-state index contributed by atoms with van der Waals surface area (Å²) in [5, 5.41) is 0. The lowest BCUT2D eigenvalue weighted by Gasteiger charge is -2.28. The Hall–Kier alpha value is 0.724. The summed E-state index contributed by atoms with van der Waals surface area (Å²) in [5.74, 6) is 0. The van der Waals surface area contributed by atoms with Crippen molar-refractivity contribution in [2.75, 3.05) is 5.50 Å². The Balaban J connectivity index is 4.42. The Morgan fingerprint density at radius 3 is 2.08 bits per heavy atom. The van der Waals surface area contributed by atoms with Crippen molar-refractivity contribution in [3.8, 4) is 10.4 Å². The lowest BCUT2D eigenvalue weighted by atomic mass is 11.4. The van der Waals surface area contributed by atoms with Crippen molar-refractivity contribution >= 4 is 44.2 Å². The molecule has 0 rings (SSSR count). The molecule has 0 N–H and O–H groups in total. The Labute approximate surface area is 90.2 Å². The fourth-order valence-corrected chi connectivity index (χ4v) is 8.91. The second-order valence-corrected chi connectivity index (χ2v) is 13.0. The van der Waals surface area contributed by atoms with Crippen LogP contribution in [0.5, 0.6) is 0 Å². The van der Waals surface area contributed by atoms with E-state index >= 15 is 0 Å². The highest BCUT2D eigenvalue weighted by molar-refractivity contribution is 9.12. The third kappa shape index (κ3) is 5.38. The second-order valence-electron chi connectivity index (χ2n) is 3.80. The van der Waals surface area contributed by atoms with Crippen LogP contribution in [0.25, 0.3) is 0 Å². The average molecular weight is 286 g/mol. The van der Waals surface area contributed by atoms with Gasteiger partial charge in [-0.1, -0.05) is 5.54 Å². The minimum Gasteiger partial charge on any atom is -0.446 e. The first kappa shape index (κ1) is 12.7. The van der Waals surface area contributed by atoms with Gasteiger partial charge in [-0.25, -0.2) is 0 Å². The van der Waals surface area contributed by atoms with E-state index in [-0.39, 0.29) is 0 Å². The van der Waals surface area contributed by atoms with E-state index in [1.54, 1.807) is 0 Å². The molecule has 0 heterocycles. The van der Waals surface area contributed by atoms with Crippen LogP contribution in [0, 0.1) is 10.4 Å². The predicted octanol–water partition coefficient (Wildman–Crippen LogP) is 3.09. The number of alkyl halides is 1. The molecule has 0 aromatic heterocycles. The summed E-state index contributed by atoms with van der Waals surface area (Å²) in [6.45, 7) is 8.51. The van der Waals surface area contributed by atoms with E-state index < -0.39 is 16.6 Å². The molecule has 0 aliphatic carbocycles. The van der Waals surface area contributed by atoms with Gasteiger partial charge in [-0.3, -0.25) is 0 Å². The van der Waals surface area contributed by atoms with E-state index in [0.29, 0.717) is 5.50 Å². The molecule has 0 radical (unpaired) electrons. The maximum atomic E-state index is 5.96. The molecule has 1 atom stereocenters. The van der Waals surface area contributed by atoms with Crippen LogP contribution in [0.4, 0.5) is 0 Å². The summed E-state index contributed by atoms with van der Waals surface area (Å²) >= 11 is 8.91. The molecule has 5 heteroatoms. The fraction of sp³-hybridized carbons (Fsp3) is 0.714. The van der Waals surface area contributed by atoms with Gasteiger partial charge >= 0.3 is 0 Å². The molecular formula is C7H14BrClOSi2. The highest BCUT2D eigenvalue weighted by Gasteiger charge is 2.32. The third-order valence-corrected chi connectivity index (χ3v) is 8.61. The molecule has 0 bridgehead atoms. The molecule has 0 aromatic carbocycles. The fourth-order valence-electron chi connectivity index (χ4n) is 0.862. The van der Waals surface area contributed by atoms with Gasteiger partial charge in [0.15, 0.2) is 8.32 Å². The van der Waals surface area contributed by atoms with Crippen molar-refractivity contribution in [1.82, 2.24) is 0 Å². The van der Waals surface area contributed by atoms with Gasteiger partial charge < -0.3 is 4.12 Å². The molecule has 0 amide bonds. The number of halogens is 2. The zero-order valence-electron chi connectivity index (χ0n) is 7.87. The van der Waals surface area contributed by atoms with Crippen molar-refractivity contribution < 1.29 is 4.12 Å². The average Bonchev–Trinajstić information content (AvgIpc) is 1.84. The van der Waals surface area contributed by atoms with Crippen molar-refractivity contribution in [3.05, 3.63) is 0 Å². The van der Waals surface area contributed by atoms with E-state index in [1.807, 2.05) is 6.55 Å². The Morgan fingerprint density at radius 2 is 1.83 bits per heavy atom. The number of rotatable bonds is 3. The van der Waals surface area contributed by atoms with E-state index in [0.717, 1.165) is 0 Å². The maximum absolute atomic E-state index is 5.96. The molecule has 0 fully saturated rings. The van der Waals surface area contributed by atoms with Crippen molar-refractivity contribution in [2.45, 2.75) is 26.2 Å². The van der Waals surface area contributed by atoms with Crippen LogP contribution in [0.1, 0.15) is 0 Å². The number of hydrogen-bond acceptors (Lipinski definition) is 1. The van der Waals surface area contributed by atoms with E-state index in [4.69, 9.17) is 15.7 Å². The van der Waals surface area contributed by atoms with Crippen LogP contribution in [0.15, 0.2) is 0 Å². The van der Waals surface area contributed by atoms with Gasteiger partial charge in [0.25, 0.3) is 8.32 Å². The van der Waals surface area contributed by atoms with E-state index in [2.05, 4.69) is 45.9 Å². The second kappa shape index (κ2) is 4.82. The molecule has 1 unspecified atom stereocenters. The first-order valence-corrected chi connectivity index (χ1v) is 11.1. The summed E-state index contributed by atoms with van der Waals surface area (Å²) < 4.78 is 5.96. The highest BCUT2D eigenvalue weighted by atomic mass is 79.9. The summed E-state index contributed by atoms with van der Waals surface area (Å²) in [4.78, 5) is 2.72. The Kier molecular flexibility index (Phi) is 5.11. The smallest absolute Gasteiger partial charge is 0.274 e. The van der Waals surface area contributed by atoms with Gasteiger partial charge in [0.1, 0.15) is 0 Å². The van der Waals surface area contributed by atoms with Crippen LogP contribution in [-0.4, -0.2) is 22.1 Å². The lowest BCUT2D eigenvalue weighted by molar-refractivity contribution is 0.566. The van der Waals surface area contributed by atoms with Gasteiger partial charge in [-0.2, -0.15) is 0 Å². The molecule has 0 aliphatic heterocycles. The van der Waals surface area contributed by atoms with Crippen LogP contribution >= 0.6 is 27.5 Å². The molecule has 0 saturated carbocycles. The van der Waals surface area contributed by atoms with Crippen molar-refractivity contribution in [2.24, 2.45) is 0 Å². The minimum atomic E-state index is -1.94. The highest BCUT2D eigenvalue weighted by Crippen LogP contribution is 2.14. The zero-order chi connectivity index (χ0) is 9.83. The van der Waals surface area contributed by atoms with Crippen molar-refractivity contribution in [3.63, 3.8) is 0 Å². The number of hydrogen-bond donors (Lipinski definition) is 0. The molecule has 0 aromatic rings. The largest absolute Gasteiger partial charge is 0.446 e. The first-order chi connectivity index (χ1) is 5.33. The molecule has 0 spiro atoms. The summed E-state index contributed by atoms with van der Waals surface area (Å²) in [5.41, 5.74) is 3.59. The van der Waals surface area contributed by atoms with Crippen LogP contribution in [0.3, 0.4) is 0 Å². The first-order valence-electron chi connectivity index (χ1n) is 3.72. The summed E-state index contributed by atoms with van der Waals surface area (Å²) in [6, 6.07) is 0. The SMILES string of the molecule is C[Si](C)(C)O[Si](C)(C#CBr)CCl. The monoisotopic (exact) mass is 284 g/mol. The van der Waals surface area contributed by atoms with Crippen LogP contribution in [-0.2, 0) is 4.12 Å². The van der Waals surface area contributed by atoms with Gasteiger partial charge in [0.2, 0.25) is 0 Å². The van der Waals surface area contributed by atoms with Crippen LogP contribution < -0.4 is 0 Å². The van der Waals surface area contributed by atoms with E-state index in [9.17, 15) is 0 Å². The maximum Gasteiger partial charge on any atom is 0.274 e.